The molecule has 11 aromatic carbocycles. The molecule has 0 fully saturated rings. The van der Waals surface area contributed by atoms with Crippen LogP contribution < -0.4 is 9.64 Å². The number of nitrogens with zero attached hydrogens (tertiary/aromatic N) is 1. The van der Waals surface area contributed by atoms with Crippen LogP contribution in [0.1, 0.15) is 22.3 Å². The third-order valence-corrected chi connectivity index (χ3v) is 14.1. The normalized spacial score (nSPS) is 14.5. The summed E-state index contributed by atoms with van der Waals surface area (Å²) in [6.45, 7) is 0. The van der Waals surface area contributed by atoms with Gasteiger partial charge in [-0.3, -0.25) is 0 Å². The lowest BCUT2D eigenvalue weighted by molar-refractivity contribution is 0.442. The molecule has 0 saturated carbocycles. The van der Waals surface area contributed by atoms with E-state index < -0.39 is 5.41 Å². The highest BCUT2D eigenvalue weighted by molar-refractivity contribution is 6.13. The van der Waals surface area contributed by atoms with Gasteiger partial charge in [-0.1, -0.05) is 194 Å². The van der Waals surface area contributed by atoms with E-state index in [9.17, 15) is 0 Å². The minimum Gasteiger partial charge on any atom is -0.456 e. The molecule has 1 aliphatic heterocycles. The number of rotatable bonds is 5. The van der Waals surface area contributed by atoms with Gasteiger partial charge in [-0.05, 0) is 97.7 Å². The van der Waals surface area contributed by atoms with Crippen molar-refractivity contribution in [2.24, 2.45) is 0 Å². The molecule has 1 unspecified atom stereocenters. The lowest BCUT2D eigenvalue weighted by Crippen LogP contribution is -2.32. The summed E-state index contributed by atoms with van der Waals surface area (Å²) in [5.41, 5.74) is 16.3. The molecule has 308 valence electrons. The number of ether oxygens (including phenoxy) is 1. The summed E-state index contributed by atoms with van der Waals surface area (Å²) in [5, 5.41) is 6.78. The molecule has 3 nitrogen and oxygen atoms in total. The molecule has 1 aromatic heterocycles. The molecule has 0 saturated heterocycles. The maximum Gasteiger partial charge on any atom is 0.159 e. The Hall–Kier alpha value is -8.66. The highest BCUT2D eigenvalue weighted by Crippen LogP contribution is 2.63. The molecular weight excluding hydrogens is 803 g/mol. The van der Waals surface area contributed by atoms with E-state index in [-0.39, 0.29) is 0 Å². The molecule has 1 aliphatic carbocycles. The van der Waals surface area contributed by atoms with Gasteiger partial charge >= 0.3 is 0 Å². The van der Waals surface area contributed by atoms with Crippen molar-refractivity contribution in [1.29, 1.82) is 0 Å². The van der Waals surface area contributed by atoms with Crippen molar-refractivity contribution < 1.29 is 9.15 Å². The fourth-order valence-electron chi connectivity index (χ4n) is 11.3. The first-order valence-corrected chi connectivity index (χ1v) is 22.7. The molecular formula is C63H39NO2. The first-order valence-electron chi connectivity index (χ1n) is 22.7. The maximum atomic E-state index is 6.95. The van der Waals surface area contributed by atoms with Crippen LogP contribution in [0.2, 0.25) is 0 Å². The fourth-order valence-corrected chi connectivity index (χ4v) is 11.3. The van der Waals surface area contributed by atoms with Gasteiger partial charge in [-0.15, -0.1) is 0 Å². The molecule has 1 atom stereocenters. The van der Waals surface area contributed by atoms with Crippen LogP contribution in [-0.2, 0) is 5.41 Å². The summed E-state index contributed by atoms with van der Waals surface area (Å²) in [6.07, 6.45) is 0. The number of furan rings is 1. The zero-order valence-electron chi connectivity index (χ0n) is 35.8. The second kappa shape index (κ2) is 14.2. The summed E-state index contributed by atoms with van der Waals surface area (Å²) in [5.74, 6) is 1.81. The Morgan fingerprint density at radius 2 is 1.00 bits per heavy atom. The van der Waals surface area contributed by atoms with Gasteiger partial charge in [0.05, 0.1) is 16.8 Å². The van der Waals surface area contributed by atoms with Crippen molar-refractivity contribution in [3.8, 4) is 44.9 Å². The molecule has 2 heterocycles. The smallest absolute Gasteiger partial charge is 0.159 e. The predicted octanol–water partition coefficient (Wildman–Crippen LogP) is 17.2. The van der Waals surface area contributed by atoms with Gasteiger partial charge in [0.2, 0.25) is 0 Å². The monoisotopic (exact) mass is 841 g/mol. The van der Waals surface area contributed by atoms with Crippen LogP contribution in [0.15, 0.2) is 241 Å². The molecule has 14 rings (SSSR count). The molecule has 0 N–H and O–H groups in total. The minimum absolute atomic E-state index is 0.597. The fraction of sp³-hybridized carbons (Fsp3) is 0.0159. The van der Waals surface area contributed by atoms with E-state index in [4.69, 9.17) is 9.15 Å². The Balaban J connectivity index is 0.993. The second-order valence-corrected chi connectivity index (χ2v) is 17.5. The Morgan fingerprint density at radius 3 is 1.88 bits per heavy atom. The summed E-state index contributed by atoms with van der Waals surface area (Å²) in [7, 11) is 0. The quantitative estimate of drug-likeness (QED) is 0.173. The lowest BCUT2D eigenvalue weighted by atomic mass is 9.65. The van der Waals surface area contributed by atoms with Crippen LogP contribution in [-0.4, -0.2) is 0 Å². The molecule has 66 heavy (non-hydrogen) atoms. The highest BCUT2D eigenvalue weighted by atomic mass is 16.5. The summed E-state index contributed by atoms with van der Waals surface area (Å²) < 4.78 is 13.7. The van der Waals surface area contributed by atoms with E-state index >= 15 is 0 Å². The number of para-hydroxylation sites is 3. The van der Waals surface area contributed by atoms with E-state index in [2.05, 4.69) is 235 Å². The third-order valence-electron chi connectivity index (χ3n) is 14.1. The Morgan fingerprint density at radius 1 is 0.348 bits per heavy atom. The van der Waals surface area contributed by atoms with Crippen molar-refractivity contribution in [3.05, 3.63) is 259 Å². The number of anilines is 3. The first-order chi connectivity index (χ1) is 32.7. The van der Waals surface area contributed by atoms with Gasteiger partial charge in [-0.25, -0.2) is 0 Å². The number of hydrogen-bond donors (Lipinski definition) is 0. The Labute approximate surface area is 382 Å². The van der Waals surface area contributed by atoms with Gasteiger partial charge in [0.25, 0.3) is 0 Å². The van der Waals surface area contributed by atoms with E-state index in [1.165, 1.54) is 44.3 Å². The van der Waals surface area contributed by atoms with Crippen LogP contribution in [0.3, 0.4) is 0 Å². The minimum atomic E-state index is -0.597. The predicted molar refractivity (Wildman–Crippen MR) is 272 cm³/mol. The van der Waals surface area contributed by atoms with E-state index in [0.29, 0.717) is 0 Å². The second-order valence-electron chi connectivity index (χ2n) is 17.5. The van der Waals surface area contributed by atoms with Crippen LogP contribution in [0.5, 0.6) is 11.5 Å². The standard InChI is InChI=1S/C63H39NO2/c1-2-15-40(16-3-1)41-29-33-44(34-30-41)64(58-26-14-23-52-51-22-9-12-27-59(51)65-62(52)58)57-38-36-45(47-19-6-7-21-50(47)57)43-31-35-49-48-20-8-10-24-53(48)63(56(49)39-43)54-25-11-13-28-60(54)66-61-46-18-5-4-17-42(46)32-37-55(61)63/h1-39H. The van der Waals surface area contributed by atoms with E-state index in [1.54, 1.807) is 0 Å². The van der Waals surface area contributed by atoms with Crippen molar-refractivity contribution in [2.45, 2.75) is 5.41 Å². The van der Waals surface area contributed by atoms with Crippen LogP contribution >= 0.6 is 0 Å². The maximum absolute atomic E-state index is 6.95. The number of fused-ring (bicyclic) bond motifs is 15. The highest BCUT2D eigenvalue weighted by Gasteiger charge is 2.51. The molecule has 3 heteroatoms. The molecule has 0 bridgehead atoms. The Bertz CT molecular complexity index is 3920. The molecule has 12 aromatic rings. The zero-order chi connectivity index (χ0) is 43.3. The van der Waals surface area contributed by atoms with Gasteiger partial charge in [0.1, 0.15) is 17.1 Å². The zero-order valence-corrected chi connectivity index (χ0v) is 35.8. The van der Waals surface area contributed by atoms with Crippen molar-refractivity contribution >= 4 is 60.5 Å². The summed E-state index contributed by atoms with van der Waals surface area (Å²) in [4.78, 5) is 2.38. The van der Waals surface area contributed by atoms with Crippen LogP contribution in [0.25, 0.3) is 76.9 Å². The van der Waals surface area contributed by atoms with Crippen molar-refractivity contribution in [3.63, 3.8) is 0 Å². The van der Waals surface area contributed by atoms with Crippen molar-refractivity contribution in [1.82, 2.24) is 0 Å². The Kier molecular flexibility index (Phi) is 7.90. The van der Waals surface area contributed by atoms with Crippen LogP contribution in [0.4, 0.5) is 17.1 Å². The summed E-state index contributed by atoms with van der Waals surface area (Å²) >= 11 is 0. The van der Waals surface area contributed by atoms with Gasteiger partial charge in [0.15, 0.2) is 5.58 Å². The molecule has 2 aliphatic rings. The number of benzene rings is 11. The van der Waals surface area contributed by atoms with E-state index in [1.807, 2.05) is 6.07 Å². The topological polar surface area (TPSA) is 25.6 Å². The van der Waals surface area contributed by atoms with Crippen LogP contribution in [0, 0.1) is 0 Å². The first kappa shape index (κ1) is 36.8. The van der Waals surface area contributed by atoms with Gasteiger partial charge in [-0.2, -0.15) is 0 Å². The number of hydrogen-bond acceptors (Lipinski definition) is 3. The average Bonchev–Trinajstić information content (AvgIpc) is 3.91. The van der Waals surface area contributed by atoms with Gasteiger partial charge < -0.3 is 14.1 Å². The molecule has 1 spiro atoms. The van der Waals surface area contributed by atoms with E-state index in [0.717, 1.165) is 83.3 Å². The SMILES string of the molecule is c1ccc(-c2ccc(N(c3ccc(-c4ccc5c(c4)C4(c6ccccc6Oc6c4ccc4ccccc64)c4ccccc4-5)c4ccccc34)c3cccc4c3oc3ccccc34)cc2)cc1. The molecule has 0 amide bonds. The lowest BCUT2D eigenvalue weighted by Gasteiger charge is -2.40. The third kappa shape index (κ3) is 5.20. The molecule has 0 radical (unpaired) electrons. The average molecular weight is 842 g/mol. The van der Waals surface area contributed by atoms with Crippen molar-refractivity contribution in [2.75, 3.05) is 4.90 Å². The largest absolute Gasteiger partial charge is 0.456 e. The van der Waals surface area contributed by atoms with Gasteiger partial charge in [0, 0.05) is 38.4 Å². The summed E-state index contributed by atoms with van der Waals surface area (Å²) in [6, 6.07) is 85.6.